The van der Waals surface area contributed by atoms with E-state index in [1.54, 1.807) is 24.3 Å². The van der Waals surface area contributed by atoms with E-state index >= 15 is 0 Å². The summed E-state index contributed by atoms with van der Waals surface area (Å²) in [6.45, 7) is 51.4. The highest BCUT2D eigenvalue weighted by atomic mass is 16.7. The summed E-state index contributed by atoms with van der Waals surface area (Å²) in [6.07, 6.45) is 15.7. The second-order valence-electron chi connectivity index (χ2n) is 42.4. The summed E-state index contributed by atoms with van der Waals surface area (Å²) in [6, 6.07) is 45.1. The highest BCUT2D eigenvalue weighted by Gasteiger charge is 2.65. The van der Waals surface area contributed by atoms with E-state index in [9.17, 15) is 33.6 Å². The summed E-state index contributed by atoms with van der Waals surface area (Å²) in [4.78, 5) is 84.7. The van der Waals surface area contributed by atoms with Crippen LogP contribution in [0.5, 0.6) is 17.2 Å². The standard InChI is InChI=1S/C30H36O4.C20H34O3.2C14H20O4.C13H26O3.2C10H14O/c1-5-29(2,3)28(31)34-27(33-22-21-32-26-19-13-8-14-20-26)23-30(4,24-15-9-6-10-16-24)25-17-11-7-12-18-25;1-6-20(4,5)19(21)23-18(12(2)3)22-17-11-13-10-16(17)15-9-7-8-14(13)15;2*1-4-14(2,3)13(16)18-10-7-5-8-9(6-7)12(15)17-11(8)10;1-7-13(5,6)12(14)16-11(15-8-2)9-10(3)4;2*1-3-8(2)9-4-6-10(11)7-5-9/h6-20,27H,5,21-23H2,1-4H3;12-18H,6-11H2,1-5H3;2*7-11H,4-6H2,1-3H3;10-11H,7-9H2,1-6H3;2*4-8,11H,3H2,1-2H3. The first-order valence-electron chi connectivity index (χ1n) is 49.6. The summed E-state index contributed by atoms with van der Waals surface area (Å²) < 4.78 is 63.0. The molecule has 2 aliphatic heterocycles. The molecule has 2 N–H and O–H groups in total. The largest absolute Gasteiger partial charge is 0.508 e. The van der Waals surface area contributed by atoms with Crippen LogP contribution < -0.4 is 4.74 Å². The smallest absolute Gasteiger partial charge is 0.313 e. The van der Waals surface area contributed by atoms with E-state index in [2.05, 4.69) is 86.6 Å². The molecule has 20 heteroatoms. The van der Waals surface area contributed by atoms with Crippen molar-refractivity contribution in [1.29, 1.82) is 0 Å². The normalized spacial score (nSPS) is 25.0. The highest BCUT2D eigenvalue weighted by Crippen LogP contribution is 2.61. The molecular weight excluding hydrogens is 1650 g/mol. The number of ether oxygens (including phenoxy) is 11. The lowest BCUT2D eigenvalue weighted by molar-refractivity contribution is -0.217. The second kappa shape index (κ2) is 48.7. The zero-order chi connectivity index (χ0) is 96.7. The molecule has 7 aliphatic carbocycles. The molecule has 20 nitrogen and oxygen atoms in total. The van der Waals surface area contributed by atoms with E-state index in [4.69, 9.17) is 62.3 Å². The molecule has 5 aromatic rings. The van der Waals surface area contributed by atoms with Crippen LogP contribution in [-0.2, 0) is 86.3 Å². The predicted molar refractivity (Wildman–Crippen MR) is 512 cm³/mol. The number of aromatic hydroxyl groups is 2. The molecular formula is C111H164O20. The molecule has 2 saturated heterocycles. The molecule has 20 atom stereocenters. The van der Waals surface area contributed by atoms with Gasteiger partial charge in [-0.15, -0.1) is 0 Å². The van der Waals surface area contributed by atoms with Gasteiger partial charge in [-0.1, -0.05) is 206 Å². The molecule has 131 heavy (non-hydrogen) atoms. The van der Waals surface area contributed by atoms with Gasteiger partial charge in [0.1, 0.15) is 48.3 Å². The van der Waals surface area contributed by atoms with E-state index in [-0.39, 0.29) is 84.0 Å². The van der Waals surface area contributed by atoms with Crippen molar-refractivity contribution < 1.29 is 95.9 Å². The average molecular weight is 1820 g/mol. The number of rotatable bonds is 35. The van der Waals surface area contributed by atoms with E-state index in [0.717, 1.165) is 105 Å². The van der Waals surface area contributed by atoms with Crippen molar-refractivity contribution >= 4 is 41.8 Å². The van der Waals surface area contributed by atoms with Crippen LogP contribution in [-0.4, -0.2) is 121 Å². The highest BCUT2D eigenvalue weighted by molar-refractivity contribution is 5.80. The Balaban J connectivity index is 0.000000195. The Morgan fingerprint density at radius 1 is 0.420 bits per heavy atom. The molecule has 0 spiro atoms. The third-order valence-electron chi connectivity index (χ3n) is 30.4. The third kappa shape index (κ3) is 28.9. The van der Waals surface area contributed by atoms with E-state index in [1.165, 1.54) is 43.2 Å². The average Bonchev–Trinajstić information content (AvgIpc) is 1.58. The van der Waals surface area contributed by atoms with E-state index < -0.39 is 51.4 Å². The van der Waals surface area contributed by atoms with Gasteiger partial charge in [-0.3, -0.25) is 33.6 Å². The minimum atomic E-state index is -0.719. The Kier molecular flexibility index (Phi) is 40.2. The van der Waals surface area contributed by atoms with Gasteiger partial charge in [0.2, 0.25) is 18.9 Å². The van der Waals surface area contributed by atoms with Gasteiger partial charge in [-0.25, -0.2) is 0 Å². The van der Waals surface area contributed by atoms with E-state index in [0.29, 0.717) is 97.6 Å². The maximum Gasteiger partial charge on any atom is 0.313 e. The van der Waals surface area contributed by atoms with Crippen molar-refractivity contribution in [1.82, 2.24) is 0 Å². The van der Waals surface area contributed by atoms with Gasteiger partial charge in [0.15, 0.2) is 0 Å². The Labute approximate surface area is 785 Å². The van der Waals surface area contributed by atoms with Crippen molar-refractivity contribution in [3.8, 4) is 17.2 Å². The summed E-state index contributed by atoms with van der Waals surface area (Å²) in [5.74, 6) is 7.10. The Hall–Kier alpha value is -8.33. The van der Waals surface area contributed by atoms with Crippen LogP contribution in [0.1, 0.15) is 323 Å². The van der Waals surface area contributed by atoms with E-state index in [1.807, 2.05) is 202 Å². The zero-order valence-corrected chi connectivity index (χ0v) is 84.1. The second-order valence-corrected chi connectivity index (χ2v) is 42.4. The summed E-state index contributed by atoms with van der Waals surface area (Å²) in [5.41, 5.74) is 2.11. The molecule has 9 aliphatic rings. The quantitative estimate of drug-likeness (QED) is 0.0165. The summed E-state index contributed by atoms with van der Waals surface area (Å²) in [5, 5.41) is 18.0. The van der Waals surface area contributed by atoms with Crippen molar-refractivity contribution in [2.75, 3.05) is 19.8 Å². The number of hydrogen-bond donors (Lipinski definition) is 2. The van der Waals surface area contributed by atoms with Crippen LogP contribution in [0, 0.1) is 98.1 Å². The van der Waals surface area contributed by atoms with Gasteiger partial charge in [0.25, 0.3) is 0 Å². The first-order valence-corrected chi connectivity index (χ1v) is 49.6. The number of hydrogen-bond acceptors (Lipinski definition) is 20. The van der Waals surface area contributed by atoms with Gasteiger partial charge in [-0.05, 0) is 273 Å². The molecule has 0 radical (unpaired) electrons. The lowest BCUT2D eigenvalue weighted by Crippen LogP contribution is -2.39. The molecule has 0 aromatic heterocycles. The minimum Gasteiger partial charge on any atom is -0.508 e. The van der Waals surface area contributed by atoms with Gasteiger partial charge < -0.3 is 62.3 Å². The fourth-order valence-electron chi connectivity index (χ4n) is 19.0. The maximum absolute atomic E-state index is 13.0. The molecule has 6 bridgehead atoms. The molecule has 7 saturated carbocycles. The fraction of sp³-hybridized carbons (Fsp3) is 0.667. The zero-order valence-electron chi connectivity index (χ0n) is 84.1. The molecule has 0 amide bonds. The molecule has 9 fully saturated rings. The summed E-state index contributed by atoms with van der Waals surface area (Å²) in [7, 11) is 0. The van der Waals surface area contributed by atoms with Crippen LogP contribution >= 0.6 is 0 Å². The van der Waals surface area contributed by atoms with Gasteiger partial charge in [-0.2, -0.15) is 0 Å². The lowest BCUT2D eigenvalue weighted by Gasteiger charge is -2.35. The minimum absolute atomic E-state index is 0.0779. The molecule has 20 unspecified atom stereocenters. The maximum atomic E-state index is 13.0. The number of carbonyl (C=O) groups is 7. The SMILES string of the molecule is CCC(C)(C)C(=O)OC(CC(C)(c1ccccc1)c1ccccc1)OCCOc1ccccc1.CCC(C)(C)C(=O)OC(OC1CC2CC1C1CCCC21)C(C)C.CCC(C)(C)C(=O)OC1C2CC3C(=O)OC1C3C2.CCC(C)(C)C(=O)OC1C2CC3C(=O)OC1C3C2.CCC(C)c1ccc(O)cc1.CCC(C)c1ccc(O)cc1.CCOC(CC(C)C)OC(=O)C(C)(C)CC. The number of benzene rings is 5. The monoisotopic (exact) mass is 1820 g/mol. The fourth-order valence-corrected chi connectivity index (χ4v) is 19.0. The first-order chi connectivity index (χ1) is 61.9. The Morgan fingerprint density at radius 2 is 0.809 bits per heavy atom. The van der Waals surface area contributed by atoms with Crippen LogP contribution in [0.15, 0.2) is 140 Å². The Bertz CT molecular complexity index is 4180. The molecule has 5 aromatic carbocycles. The number of phenolic OH excluding ortho intramolecular Hbond substituents is 2. The number of phenols is 2. The Morgan fingerprint density at radius 3 is 1.21 bits per heavy atom. The van der Waals surface area contributed by atoms with Crippen LogP contribution in [0.3, 0.4) is 0 Å². The van der Waals surface area contributed by atoms with Crippen LogP contribution in [0.4, 0.5) is 0 Å². The molecule has 2 heterocycles. The van der Waals surface area contributed by atoms with Crippen LogP contribution in [0.2, 0.25) is 0 Å². The van der Waals surface area contributed by atoms with Crippen LogP contribution in [0.25, 0.3) is 0 Å². The topological polar surface area (TPSA) is 261 Å². The van der Waals surface area contributed by atoms with Crippen molar-refractivity contribution in [2.45, 2.75) is 355 Å². The lowest BCUT2D eigenvalue weighted by atomic mass is 9.73. The third-order valence-corrected chi connectivity index (χ3v) is 30.4. The number of para-hydroxylation sites is 1. The molecule has 14 rings (SSSR count). The van der Waals surface area contributed by atoms with Gasteiger partial charge >= 0.3 is 41.8 Å². The summed E-state index contributed by atoms with van der Waals surface area (Å²) >= 11 is 0. The van der Waals surface area contributed by atoms with Gasteiger partial charge in [0, 0.05) is 54.5 Å². The van der Waals surface area contributed by atoms with Crippen molar-refractivity contribution in [3.63, 3.8) is 0 Å². The van der Waals surface area contributed by atoms with Gasteiger partial charge in [0.05, 0.1) is 51.6 Å². The molecule has 728 valence electrons. The first kappa shape index (κ1) is 108. The van der Waals surface area contributed by atoms with Crippen molar-refractivity contribution in [2.24, 2.45) is 98.1 Å². The number of fused-ring (bicyclic) bond motifs is 7. The number of esters is 7. The van der Waals surface area contributed by atoms with Crippen molar-refractivity contribution in [3.05, 3.63) is 162 Å². The predicted octanol–water partition coefficient (Wildman–Crippen LogP) is 24.6. The number of carbonyl (C=O) groups excluding carboxylic acids is 7.